The van der Waals surface area contributed by atoms with E-state index in [2.05, 4.69) is 9.84 Å². The second kappa shape index (κ2) is 12.2. The summed E-state index contributed by atoms with van der Waals surface area (Å²) in [6, 6.07) is 0. The van der Waals surface area contributed by atoms with E-state index >= 15 is 0 Å². The molecule has 13 heteroatoms. The van der Waals surface area contributed by atoms with Crippen LogP contribution in [0.3, 0.4) is 0 Å². The van der Waals surface area contributed by atoms with Crippen molar-refractivity contribution in [2.75, 3.05) is 33.5 Å². The molecule has 0 saturated carbocycles. The summed E-state index contributed by atoms with van der Waals surface area (Å²) >= 11 is 0. The minimum Gasteiger partial charge on any atom is -0.373 e. The maximum Gasteiger partial charge on any atom is 0.472 e. The largest absolute Gasteiger partial charge is 0.472 e. The van der Waals surface area contributed by atoms with Crippen molar-refractivity contribution in [3.05, 3.63) is 0 Å². The molecule has 154 valence electrons. The second-order valence-corrected chi connectivity index (χ2v) is 8.54. The summed E-state index contributed by atoms with van der Waals surface area (Å²) in [5.41, 5.74) is 0. The summed E-state index contributed by atoms with van der Waals surface area (Å²) in [5.74, 6) is 0. The van der Waals surface area contributed by atoms with Gasteiger partial charge in [0, 0.05) is 26.7 Å². The Balaban J connectivity index is 2.26. The van der Waals surface area contributed by atoms with Gasteiger partial charge in [-0.05, 0) is 12.8 Å². The molecule has 0 aliphatic carbocycles. The first-order valence-electron chi connectivity index (χ1n) is 8.27. The van der Waals surface area contributed by atoms with Crippen LogP contribution in [0.1, 0.15) is 32.1 Å². The lowest BCUT2D eigenvalue weighted by molar-refractivity contribution is -0.109. The highest BCUT2D eigenvalue weighted by Gasteiger charge is 2.37. The fourth-order valence-electron chi connectivity index (χ4n) is 2.25. The van der Waals surface area contributed by atoms with E-state index in [9.17, 15) is 23.7 Å². The Morgan fingerprint density at radius 3 is 2.58 bits per heavy atom. The van der Waals surface area contributed by atoms with Gasteiger partial charge in [-0.15, -0.1) is 0 Å². The number of hydrogen-bond acceptors (Lipinski definition) is 8. The van der Waals surface area contributed by atoms with Crippen molar-refractivity contribution >= 4 is 22.1 Å². The zero-order chi connectivity index (χ0) is 19.5. The van der Waals surface area contributed by atoms with Crippen LogP contribution in [0.25, 0.3) is 0 Å². The second-order valence-electron chi connectivity index (χ2n) is 5.58. The molecule has 1 saturated heterocycles. The summed E-state index contributed by atoms with van der Waals surface area (Å²) in [5, 5.41) is 2.55. The van der Waals surface area contributed by atoms with Crippen molar-refractivity contribution in [1.82, 2.24) is 5.32 Å². The Labute approximate surface area is 152 Å². The molecule has 0 spiro atoms. The van der Waals surface area contributed by atoms with Gasteiger partial charge in [0.1, 0.15) is 12.2 Å². The lowest BCUT2D eigenvalue weighted by Gasteiger charge is -2.22. The SMILES string of the molecule is COP(=O)(O)OC[C@H]1OCCC1OP(=O)(O)OCCCCCCNC=O. The number of phosphoric ester groups is 2. The summed E-state index contributed by atoms with van der Waals surface area (Å²) in [7, 11) is -7.41. The fourth-order valence-corrected chi connectivity index (χ4v) is 3.69. The highest BCUT2D eigenvalue weighted by atomic mass is 31.2. The molecule has 1 fully saturated rings. The smallest absolute Gasteiger partial charge is 0.373 e. The molecule has 1 rings (SSSR count). The number of carbonyl (C=O) groups is 1. The van der Waals surface area contributed by atoms with Gasteiger partial charge in [0.25, 0.3) is 0 Å². The third kappa shape index (κ3) is 10.1. The number of ether oxygens (including phenoxy) is 1. The highest BCUT2D eigenvalue weighted by Crippen LogP contribution is 2.48. The first-order chi connectivity index (χ1) is 12.3. The fraction of sp³-hybridized carbons (Fsp3) is 0.923. The van der Waals surface area contributed by atoms with Gasteiger partial charge in [-0.2, -0.15) is 0 Å². The molecule has 11 nitrogen and oxygen atoms in total. The molecule has 26 heavy (non-hydrogen) atoms. The van der Waals surface area contributed by atoms with Crippen LogP contribution in [0.4, 0.5) is 0 Å². The first kappa shape index (κ1) is 23.7. The molecule has 3 unspecified atom stereocenters. The van der Waals surface area contributed by atoms with Gasteiger partial charge in [0.05, 0.1) is 13.2 Å². The molecule has 4 atom stereocenters. The van der Waals surface area contributed by atoms with E-state index < -0.39 is 27.9 Å². The number of hydrogen-bond donors (Lipinski definition) is 3. The van der Waals surface area contributed by atoms with E-state index in [-0.39, 0.29) is 19.8 Å². The van der Waals surface area contributed by atoms with Crippen molar-refractivity contribution in [2.24, 2.45) is 0 Å². The standard InChI is InChI=1S/C13H27NO10P2/c1-20-25(16,17)23-10-13-12(6-9-21-13)24-26(18,19)22-8-5-3-2-4-7-14-11-15/h11-13H,2-10H2,1H3,(H,14,15)(H,16,17)(H,18,19)/t12?,13-/m1/s1. The number of phosphoric acid groups is 2. The Bertz CT molecular complexity index is 505. The summed E-state index contributed by atoms with van der Waals surface area (Å²) in [4.78, 5) is 29.0. The molecule has 0 aromatic rings. The van der Waals surface area contributed by atoms with Crippen molar-refractivity contribution in [2.45, 2.75) is 44.3 Å². The van der Waals surface area contributed by atoms with E-state index in [4.69, 9.17) is 18.3 Å². The third-order valence-corrected chi connectivity index (χ3v) is 5.59. The minimum atomic E-state index is -4.27. The van der Waals surface area contributed by atoms with Crippen LogP contribution in [0, 0.1) is 0 Å². The Hall–Kier alpha value is -0.350. The van der Waals surface area contributed by atoms with E-state index in [0.29, 0.717) is 25.8 Å². The van der Waals surface area contributed by atoms with Gasteiger partial charge in [-0.3, -0.25) is 22.9 Å². The van der Waals surface area contributed by atoms with Crippen molar-refractivity contribution in [1.29, 1.82) is 0 Å². The van der Waals surface area contributed by atoms with Crippen molar-refractivity contribution in [3.63, 3.8) is 0 Å². The average molecular weight is 419 g/mol. The average Bonchev–Trinajstić information content (AvgIpc) is 3.02. The Morgan fingerprint density at radius 1 is 1.15 bits per heavy atom. The van der Waals surface area contributed by atoms with Crippen LogP contribution in [0.2, 0.25) is 0 Å². The molecule has 0 bridgehead atoms. The molecule has 1 aliphatic heterocycles. The van der Waals surface area contributed by atoms with Crippen molar-refractivity contribution < 1.29 is 46.5 Å². The topological polar surface area (TPSA) is 150 Å². The highest BCUT2D eigenvalue weighted by molar-refractivity contribution is 7.47. The molecule has 1 heterocycles. The Kier molecular flexibility index (Phi) is 11.1. The monoisotopic (exact) mass is 419 g/mol. The Morgan fingerprint density at radius 2 is 1.88 bits per heavy atom. The summed E-state index contributed by atoms with van der Waals surface area (Å²) in [6.45, 7) is 0.595. The predicted molar refractivity (Wildman–Crippen MR) is 90.3 cm³/mol. The number of amides is 1. The molecule has 1 amide bonds. The van der Waals surface area contributed by atoms with Gasteiger partial charge >= 0.3 is 15.6 Å². The summed E-state index contributed by atoms with van der Waals surface area (Å²) < 4.78 is 47.6. The molecule has 0 aromatic heterocycles. The lowest BCUT2D eigenvalue weighted by Crippen LogP contribution is -2.28. The van der Waals surface area contributed by atoms with Crippen LogP contribution in [-0.4, -0.2) is 61.9 Å². The quantitative estimate of drug-likeness (QED) is 0.202. The predicted octanol–water partition coefficient (Wildman–Crippen LogP) is 1.35. The van der Waals surface area contributed by atoms with E-state index in [0.717, 1.165) is 26.4 Å². The van der Waals surface area contributed by atoms with Crippen molar-refractivity contribution in [3.8, 4) is 0 Å². The number of rotatable bonds is 15. The van der Waals surface area contributed by atoms with Gasteiger partial charge in [0.2, 0.25) is 6.41 Å². The van der Waals surface area contributed by atoms with E-state index in [1.807, 2.05) is 0 Å². The number of nitrogens with one attached hydrogen (secondary N) is 1. The van der Waals surface area contributed by atoms with Crippen LogP contribution >= 0.6 is 15.6 Å². The zero-order valence-electron chi connectivity index (χ0n) is 14.7. The lowest BCUT2D eigenvalue weighted by atomic mass is 10.2. The van der Waals surface area contributed by atoms with Crippen LogP contribution < -0.4 is 5.32 Å². The molecular formula is C13H27NO10P2. The van der Waals surface area contributed by atoms with E-state index in [1.54, 1.807) is 0 Å². The van der Waals surface area contributed by atoms with Crippen LogP contribution in [0.5, 0.6) is 0 Å². The zero-order valence-corrected chi connectivity index (χ0v) is 16.4. The van der Waals surface area contributed by atoms with Gasteiger partial charge in [0.15, 0.2) is 0 Å². The van der Waals surface area contributed by atoms with Gasteiger partial charge < -0.3 is 19.8 Å². The molecule has 0 radical (unpaired) electrons. The third-order valence-electron chi connectivity index (χ3n) is 3.60. The molecular weight excluding hydrogens is 392 g/mol. The van der Waals surface area contributed by atoms with Crippen LogP contribution in [-0.2, 0) is 36.8 Å². The minimum absolute atomic E-state index is 0.0547. The number of carbonyl (C=O) groups excluding carboxylic acids is 1. The van der Waals surface area contributed by atoms with Gasteiger partial charge in [-0.1, -0.05) is 12.8 Å². The molecule has 3 N–H and O–H groups in total. The maximum absolute atomic E-state index is 12.0. The van der Waals surface area contributed by atoms with Crippen LogP contribution in [0.15, 0.2) is 0 Å². The first-order valence-corrected chi connectivity index (χ1v) is 11.3. The van der Waals surface area contributed by atoms with Gasteiger partial charge in [-0.25, -0.2) is 9.13 Å². The normalized spacial score (nSPS) is 24.7. The van der Waals surface area contributed by atoms with E-state index in [1.165, 1.54) is 0 Å². The summed E-state index contributed by atoms with van der Waals surface area (Å²) in [6.07, 6.45) is 2.44. The molecule has 0 aromatic carbocycles. The number of unbranched alkanes of at least 4 members (excludes halogenated alkanes) is 3. The maximum atomic E-state index is 12.0. The molecule has 1 aliphatic rings.